The Morgan fingerprint density at radius 1 is 1.18 bits per heavy atom. The van der Waals surface area contributed by atoms with Gasteiger partial charge in [-0.15, -0.1) is 11.3 Å². The van der Waals surface area contributed by atoms with E-state index in [0.29, 0.717) is 31.8 Å². The Morgan fingerprint density at radius 3 is 2.52 bits per heavy atom. The smallest absolute Gasteiger partial charge is 0.410 e. The van der Waals surface area contributed by atoms with Crippen LogP contribution in [0.1, 0.15) is 57.1 Å². The SMILES string of the molecule is C[C@@H](CCN1CC[C@](CC(C)(C)O)(c2ccccc2)OC1=O)c1ccc(-c2cncs2)cc1. The lowest BCUT2D eigenvalue weighted by Crippen LogP contribution is -2.50. The number of aliphatic hydroxyl groups is 1. The molecule has 5 nitrogen and oxygen atoms in total. The molecule has 2 atom stereocenters. The topological polar surface area (TPSA) is 62.7 Å². The molecule has 0 radical (unpaired) electrons. The Bertz CT molecular complexity index is 1050. The van der Waals surface area contributed by atoms with E-state index in [9.17, 15) is 9.90 Å². The largest absolute Gasteiger partial charge is 0.438 e. The minimum absolute atomic E-state index is 0.304. The quantitative estimate of drug-likeness (QED) is 0.431. The zero-order valence-corrected chi connectivity index (χ0v) is 20.3. The van der Waals surface area contributed by atoms with Crippen LogP contribution in [-0.2, 0) is 10.3 Å². The lowest BCUT2D eigenvalue weighted by Gasteiger charge is -2.44. The molecule has 174 valence electrons. The van der Waals surface area contributed by atoms with Crippen LogP contribution in [0.4, 0.5) is 4.79 Å². The molecule has 0 unspecified atom stereocenters. The number of hydrogen-bond donors (Lipinski definition) is 1. The van der Waals surface area contributed by atoms with E-state index in [0.717, 1.165) is 12.0 Å². The van der Waals surface area contributed by atoms with Crippen molar-refractivity contribution in [3.63, 3.8) is 0 Å². The second kappa shape index (κ2) is 9.65. The van der Waals surface area contributed by atoms with Crippen molar-refractivity contribution in [3.8, 4) is 10.4 Å². The first kappa shape index (κ1) is 23.5. The molecular weight excluding hydrogens is 432 g/mol. The van der Waals surface area contributed by atoms with Gasteiger partial charge in [-0.25, -0.2) is 4.79 Å². The number of carbonyl (C=O) groups is 1. The molecule has 1 saturated heterocycles. The number of benzene rings is 2. The average molecular weight is 465 g/mol. The summed E-state index contributed by atoms with van der Waals surface area (Å²) < 4.78 is 6.07. The molecule has 2 aromatic carbocycles. The summed E-state index contributed by atoms with van der Waals surface area (Å²) in [7, 11) is 0. The number of rotatable bonds is 8. The first-order valence-corrected chi connectivity index (χ1v) is 12.4. The van der Waals surface area contributed by atoms with Crippen LogP contribution in [0.25, 0.3) is 10.4 Å². The molecule has 2 heterocycles. The van der Waals surface area contributed by atoms with Crippen LogP contribution in [-0.4, -0.2) is 39.8 Å². The molecule has 33 heavy (non-hydrogen) atoms. The van der Waals surface area contributed by atoms with Crippen LogP contribution in [0.3, 0.4) is 0 Å². The van der Waals surface area contributed by atoms with Crippen molar-refractivity contribution in [1.29, 1.82) is 0 Å². The molecule has 0 saturated carbocycles. The van der Waals surface area contributed by atoms with Crippen LogP contribution in [0.5, 0.6) is 0 Å². The molecule has 4 rings (SSSR count). The maximum Gasteiger partial charge on any atom is 0.410 e. The summed E-state index contributed by atoms with van der Waals surface area (Å²) in [6, 6.07) is 18.4. The number of aromatic nitrogens is 1. The Kier molecular flexibility index (Phi) is 6.86. The maximum absolute atomic E-state index is 13.0. The number of hydrogen-bond acceptors (Lipinski definition) is 5. The van der Waals surface area contributed by atoms with Gasteiger partial charge in [0.2, 0.25) is 0 Å². The Labute approximate surface area is 200 Å². The molecule has 0 spiro atoms. The van der Waals surface area contributed by atoms with E-state index in [1.807, 2.05) is 42.0 Å². The van der Waals surface area contributed by atoms with Crippen LogP contribution in [0.15, 0.2) is 66.3 Å². The summed E-state index contributed by atoms with van der Waals surface area (Å²) in [4.78, 5) is 20.1. The van der Waals surface area contributed by atoms with Gasteiger partial charge in [-0.2, -0.15) is 0 Å². The van der Waals surface area contributed by atoms with Gasteiger partial charge in [0, 0.05) is 32.1 Å². The van der Waals surface area contributed by atoms with Gasteiger partial charge < -0.3 is 14.7 Å². The number of thiazole rings is 1. The van der Waals surface area contributed by atoms with E-state index in [4.69, 9.17) is 4.74 Å². The van der Waals surface area contributed by atoms with Gasteiger partial charge in [0.25, 0.3) is 0 Å². The summed E-state index contributed by atoms with van der Waals surface area (Å²) in [5, 5.41) is 10.5. The van der Waals surface area contributed by atoms with Gasteiger partial charge in [0.1, 0.15) is 5.60 Å². The zero-order chi connectivity index (χ0) is 23.5. The first-order valence-electron chi connectivity index (χ1n) is 11.5. The number of amides is 1. The average Bonchev–Trinajstić information content (AvgIpc) is 3.33. The molecule has 1 fully saturated rings. The van der Waals surface area contributed by atoms with Gasteiger partial charge in [-0.05, 0) is 42.9 Å². The monoisotopic (exact) mass is 464 g/mol. The fourth-order valence-electron chi connectivity index (χ4n) is 4.61. The first-order chi connectivity index (χ1) is 15.8. The molecule has 0 bridgehead atoms. The van der Waals surface area contributed by atoms with Gasteiger partial charge in [-0.1, -0.05) is 61.5 Å². The third-order valence-electron chi connectivity index (χ3n) is 6.37. The Balaban J connectivity index is 1.39. The summed E-state index contributed by atoms with van der Waals surface area (Å²) in [6.45, 7) is 6.98. The Hall–Kier alpha value is -2.70. The predicted molar refractivity (Wildman–Crippen MR) is 132 cm³/mol. The van der Waals surface area contributed by atoms with Crippen molar-refractivity contribution >= 4 is 17.4 Å². The van der Waals surface area contributed by atoms with Crippen molar-refractivity contribution < 1.29 is 14.6 Å². The van der Waals surface area contributed by atoms with E-state index in [1.165, 1.54) is 16.0 Å². The number of carbonyl (C=O) groups excluding carboxylic acids is 1. The van der Waals surface area contributed by atoms with Gasteiger partial charge in [0.05, 0.1) is 16.0 Å². The molecule has 6 heteroatoms. The number of nitrogens with zero attached hydrogens (tertiary/aromatic N) is 2. The summed E-state index contributed by atoms with van der Waals surface area (Å²) in [6.07, 6.45) is 3.47. The standard InChI is InChI=1S/C27H32N2O3S/c1-20(21-9-11-22(12-10-21)24-17-28-19-33-24)13-15-29-16-14-27(32-25(29)30,18-26(2,3)31)23-7-5-4-6-8-23/h4-12,17,19-20,31H,13-16,18H2,1-3H3/t20-,27-/m0/s1. The second-order valence-electron chi connectivity index (χ2n) is 9.63. The molecule has 1 amide bonds. The summed E-state index contributed by atoms with van der Waals surface area (Å²) in [5.74, 6) is 0.325. The molecule has 1 aliphatic rings. The van der Waals surface area contributed by atoms with E-state index in [1.54, 1.807) is 30.1 Å². The highest BCUT2D eigenvalue weighted by atomic mass is 32.1. The van der Waals surface area contributed by atoms with Crippen molar-refractivity contribution in [2.45, 2.75) is 57.2 Å². The highest BCUT2D eigenvalue weighted by Crippen LogP contribution is 2.41. The third kappa shape index (κ3) is 5.63. The highest BCUT2D eigenvalue weighted by molar-refractivity contribution is 7.13. The van der Waals surface area contributed by atoms with Crippen LogP contribution in [0.2, 0.25) is 0 Å². The van der Waals surface area contributed by atoms with E-state index in [2.05, 4.69) is 36.2 Å². The number of cyclic esters (lactones) is 1. The lowest BCUT2D eigenvalue weighted by atomic mass is 9.80. The molecule has 1 N–H and O–H groups in total. The maximum atomic E-state index is 13.0. The van der Waals surface area contributed by atoms with Crippen LogP contribution in [0, 0.1) is 0 Å². The van der Waals surface area contributed by atoms with Gasteiger partial charge in [-0.3, -0.25) is 4.98 Å². The van der Waals surface area contributed by atoms with Gasteiger partial charge >= 0.3 is 6.09 Å². The van der Waals surface area contributed by atoms with Crippen LogP contribution >= 0.6 is 11.3 Å². The fourth-order valence-corrected chi connectivity index (χ4v) is 5.24. The predicted octanol–water partition coefficient (Wildman–Crippen LogP) is 6.20. The highest BCUT2D eigenvalue weighted by Gasteiger charge is 2.45. The minimum atomic E-state index is -0.946. The molecule has 3 aromatic rings. The zero-order valence-electron chi connectivity index (χ0n) is 19.5. The number of ether oxygens (including phenoxy) is 1. The lowest BCUT2D eigenvalue weighted by molar-refractivity contribution is -0.0963. The summed E-state index contributed by atoms with van der Waals surface area (Å²) >= 11 is 1.64. The summed E-state index contributed by atoms with van der Waals surface area (Å²) in [5.41, 5.74) is 3.47. The molecule has 1 aromatic heterocycles. The minimum Gasteiger partial charge on any atom is -0.438 e. The van der Waals surface area contributed by atoms with Crippen LogP contribution < -0.4 is 0 Å². The molecular formula is C27H32N2O3S. The second-order valence-corrected chi connectivity index (χ2v) is 10.5. The van der Waals surface area contributed by atoms with Crippen molar-refractivity contribution in [2.75, 3.05) is 13.1 Å². The van der Waals surface area contributed by atoms with Crippen molar-refractivity contribution in [2.24, 2.45) is 0 Å². The van der Waals surface area contributed by atoms with E-state index in [-0.39, 0.29) is 6.09 Å². The Morgan fingerprint density at radius 2 is 1.91 bits per heavy atom. The molecule has 1 aliphatic heterocycles. The van der Waals surface area contributed by atoms with Crippen molar-refractivity contribution in [1.82, 2.24) is 9.88 Å². The normalized spacial score (nSPS) is 19.9. The van der Waals surface area contributed by atoms with Crippen molar-refractivity contribution in [3.05, 3.63) is 77.4 Å². The van der Waals surface area contributed by atoms with E-state index < -0.39 is 11.2 Å². The third-order valence-corrected chi connectivity index (χ3v) is 7.20. The fraction of sp³-hybridized carbons (Fsp3) is 0.407. The molecule has 0 aliphatic carbocycles. The van der Waals surface area contributed by atoms with E-state index >= 15 is 0 Å². The van der Waals surface area contributed by atoms with Gasteiger partial charge in [0.15, 0.2) is 0 Å².